The van der Waals surface area contributed by atoms with Crippen molar-refractivity contribution in [2.75, 3.05) is 7.11 Å². The molecule has 1 aliphatic carbocycles. The van der Waals surface area contributed by atoms with Crippen LogP contribution in [0.4, 0.5) is 0 Å². The monoisotopic (exact) mass is 363 g/mol. The number of rotatable bonds is 4. The molecule has 0 radical (unpaired) electrons. The Labute approximate surface area is 127 Å². The lowest BCUT2D eigenvalue weighted by atomic mass is 9.94. The number of benzene rings is 1. The lowest BCUT2D eigenvalue weighted by Gasteiger charge is -2.26. The van der Waals surface area contributed by atoms with Crippen molar-refractivity contribution in [1.29, 1.82) is 0 Å². The van der Waals surface area contributed by atoms with Gasteiger partial charge in [-0.05, 0) is 43.9 Å². The van der Waals surface area contributed by atoms with Gasteiger partial charge in [-0.15, -0.1) is 0 Å². The van der Waals surface area contributed by atoms with Gasteiger partial charge in [0.2, 0.25) is 10.0 Å². The average molecular weight is 364 g/mol. The van der Waals surface area contributed by atoms with Gasteiger partial charge >= 0.3 is 0 Å². The molecular formula is C13H18BrNO4S. The predicted octanol–water partition coefficient (Wildman–Crippen LogP) is 2.04. The molecule has 0 bridgehead atoms. The number of sulfonamides is 1. The smallest absolute Gasteiger partial charge is 0.244 e. The van der Waals surface area contributed by atoms with Crippen LogP contribution in [0.3, 0.4) is 0 Å². The fourth-order valence-electron chi connectivity index (χ4n) is 2.34. The zero-order chi connectivity index (χ0) is 14.8. The zero-order valence-corrected chi connectivity index (χ0v) is 13.6. The topological polar surface area (TPSA) is 75.6 Å². The van der Waals surface area contributed by atoms with E-state index < -0.39 is 10.0 Å². The van der Waals surface area contributed by atoms with E-state index in [4.69, 9.17) is 4.74 Å². The average Bonchev–Trinajstić information content (AvgIpc) is 2.40. The predicted molar refractivity (Wildman–Crippen MR) is 79.3 cm³/mol. The van der Waals surface area contributed by atoms with Gasteiger partial charge in [0.25, 0.3) is 0 Å². The summed E-state index contributed by atoms with van der Waals surface area (Å²) in [5.74, 6) is 0.308. The first-order valence-electron chi connectivity index (χ1n) is 6.46. The van der Waals surface area contributed by atoms with E-state index in [2.05, 4.69) is 20.7 Å². The van der Waals surface area contributed by atoms with Gasteiger partial charge in [-0.25, -0.2) is 13.1 Å². The Kier molecular flexibility index (Phi) is 5.06. The summed E-state index contributed by atoms with van der Waals surface area (Å²) in [4.78, 5) is 0.134. The lowest BCUT2D eigenvalue weighted by Crippen LogP contribution is -2.38. The molecule has 5 nitrogen and oxygen atoms in total. The van der Waals surface area contributed by atoms with Crippen LogP contribution in [0.25, 0.3) is 0 Å². The molecule has 1 fully saturated rings. The number of aliphatic hydroxyl groups excluding tert-OH is 1. The van der Waals surface area contributed by atoms with Crippen LogP contribution >= 0.6 is 15.9 Å². The summed E-state index contributed by atoms with van der Waals surface area (Å²) in [5, 5.41) is 9.45. The molecule has 20 heavy (non-hydrogen) atoms. The van der Waals surface area contributed by atoms with Crippen LogP contribution in [0.1, 0.15) is 25.7 Å². The molecule has 1 aromatic rings. The van der Waals surface area contributed by atoms with Crippen LogP contribution in [0.5, 0.6) is 5.75 Å². The number of aliphatic hydroxyl groups is 1. The molecule has 1 saturated carbocycles. The van der Waals surface area contributed by atoms with E-state index in [1.165, 1.54) is 13.2 Å². The Morgan fingerprint density at radius 1 is 1.30 bits per heavy atom. The Hall–Kier alpha value is -0.630. The number of hydrogen-bond acceptors (Lipinski definition) is 4. The first-order chi connectivity index (χ1) is 9.42. The molecule has 1 aliphatic rings. The Bertz CT molecular complexity index is 568. The quantitative estimate of drug-likeness (QED) is 0.858. The summed E-state index contributed by atoms with van der Waals surface area (Å²) in [7, 11) is -2.17. The minimum Gasteiger partial charge on any atom is -0.495 e. The third kappa shape index (κ3) is 3.72. The first kappa shape index (κ1) is 15.8. The van der Waals surface area contributed by atoms with Crippen molar-refractivity contribution in [1.82, 2.24) is 4.72 Å². The maximum absolute atomic E-state index is 12.4. The minimum absolute atomic E-state index is 0.128. The largest absolute Gasteiger partial charge is 0.495 e. The van der Waals surface area contributed by atoms with E-state index in [-0.39, 0.29) is 17.0 Å². The first-order valence-corrected chi connectivity index (χ1v) is 8.74. The minimum atomic E-state index is -3.61. The molecule has 112 valence electrons. The van der Waals surface area contributed by atoms with E-state index >= 15 is 0 Å². The maximum atomic E-state index is 12.4. The third-order valence-electron chi connectivity index (χ3n) is 3.43. The normalized spacial score (nSPS) is 23.6. The number of nitrogens with one attached hydrogen (secondary N) is 1. The Morgan fingerprint density at radius 2 is 1.95 bits per heavy atom. The van der Waals surface area contributed by atoms with Crippen molar-refractivity contribution in [2.45, 2.75) is 42.7 Å². The fraction of sp³-hybridized carbons (Fsp3) is 0.538. The number of halogens is 1. The maximum Gasteiger partial charge on any atom is 0.244 e. The van der Waals surface area contributed by atoms with Crippen molar-refractivity contribution in [2.24, 2.45) is 0 Å². The summed E-state index contributed by atoms with van der Waals surface area (Å²) < 4.78 is 33.4. The van der Waals surface area contributed by atoms with Gasteiger partial charge in [-0.3, -0.25) is 0 Å². The standard InChI is InChI=1S/C13H18BrNO4S/c1-19-12-8-9(14)2-7-13(12)20(17,18)15-10-3-5-11(16)6-4-10/h2,7-8,10-11,15-16H,3-6H2,1H3/t10-,11-. The molecule has 2 rings (SSSR count). The SMILES string of the molecule is COc1cc(Br)ccc1S(=O)(=O)N[C@H]1CC[C@H](O)CC1. The fourth-order valence-corrected chi connectivity index (χ4v) is 4.14. The lowest BCUT2D eigenvalue weighted by molar-refractivity contribution is 0.120. The van der Waals surface area contributed by atoms with Crippen molar-refractivity contribution in [3.8, 4) is 5.75 Å². The molecule has 0 saturated heterocycles. The number of methoxy groups -OCH3 is 1. The van der Waals surface area contributed by atoms with Crippen LogP contribution in [0, 0.1) is 0 Å². The van der Waals surface area contributed by atoms with Gasteiger partial charge in [0.05, 0.1) is 13.2 Å². The van der Waals surface area contributed by atoms with Crippen LogP contribution in [0.2, 0.25) is 0 Å². The van der Waals surface area contributed by atoms with Gasteiger partial charge < -0.3 is 9.84 Å². The van der Waals surface area contributed by atoms with E-state index in [1.807, 2.05) is 0 Å². The number of ether oxygens (including phenoxy) is 1. The van der Waals surface area contributed by atoms with Gasteiger partial charge in [-0.2, -0.15) is 0 Å². The summed E-state index contributed by atoms with van der Waals surface area (Å²) >= 11 is 3.29. The molecule has 0 spiro atoms. The molecule has 7 heteroatoms. The van der Waals surface area contributed by atoms with Crippen LogP contribution in [-0.2, 0) is 10.0 Å². The molecule has 1 aromatic carbocycles. The molecule has 2 N–H and O–H groups in total. The number of hydrogen-bond donors (Lipinski definition) is 2. The Morgan fingerprint density at radius 3 is 2.55 bits per heavy atom. The van der Waals surface area contributed by atoms with E-state index in [0.717, 1.165) is 4.47 Å². The van der Waals surface area contributed by atoms with Gasteiger partial charge in [0, 0.05) is 10.5 Å². The second-order valence-electron chi connectivity index (χ2n) is 4.92. The van der Waals surface area contributed by atoms with Crippen molar-refractivity contribution in [3.63, 3.8) is 0 Å². The van der Waals surface area contributed by atoms with Crippen LogP contribution < -0.4 is 9.46 Å². The highest BCUT2D eigenvalue weighted by atomic mass is 79.9. The Balaban J connectivity index is 2.18. The highest BCUT2D eigenvalue weighted by Crippen LogP contribution is 2.28. The van der Waals surface area contributed by atoms with Crippen molar-refractivity contribution < 1.29 is 18.3 Å². The molecule has 0 aliphatic heterocycles. The van der Waals surface area contributed by atoms with Crippen molar-refractivity contribution in [3.05, 3.63) is 22.7 Å². The molecule has 0 aromatic heterocycles. The summed E-state index contributed by atoms with van der Waals surface area (Å²) in [6.45, 7) is 0. The summed E-state index contributed by atoms with van der Waals surface area (Å²) in [6, 6.07) is 4.68. The van der Waals surface area contributed by atoms with Crippen molar-refractivity contribution >= 4 is 26.0 Å². The molecule has 0 atom stereocenters. The molecule has 0 unspecified atom stereocenters. The second-order valence-corrected chi connectivity index (χ2v) is 7.52. The zero-order valence-electron chi connectivity index (χ0n) is 11.2. The summed E-state index contributed by atoms with van der Waals surface area (Å²) in [6.07, 6.45) is 2.26. The van der Waals surface area contributed by atoms with Crippen LogP contribution in [0.15, 0.2) is 27.6 Å². The van der Waals surface area contributed by atoms with Crippen LogP contribution in [-0.4, -0.2) is 32.8 Å². The van der Waals surface area contributed by atoms with Gasteiger partial charge in [-0.1, -0.05) is 15.9 Å². The molecule has 0 heterocycles. The second kappa shape index (κ2) is 6.43. The summed E-state index contributed by atoms with van der Waals surface area (Å²) in [5.41, 5.74) is 0. The molecule has 0 amide bonds. The van der Waals surface area contributed by atoms with E-state index in [1.54, 1.807) is 12.1 Å². The van der Waals surface area contributed by atoms with Gasteiger partial charge in [0.15, 0.2) is 0 Å². The van der Waals surface area contributed by atoms with E-state index in [0.29, 0.717) is 31.4 Å². The highest BCUT2D eigenvalue weighted by Gasteiger charge is 2.26. The highest BCUT2D eigenvalue weighted by molar-refractivity contribution is 9.10. The third-order valence-corrected chi connectivity index (χ3v) is 5.49. The molecular weight excluding hydrogens is 346 g/mol. The van der Waals surface area contributed by atoms with Gasteiger partial charge in [0.1, 0.15) is 10.6 Å². The van der Waals surface area contributed by atoms with E-state index in [9.17, 15) is 13.5 Å².